The first-order valence-corrected chi connectivity index (χ1v) is 5.68. The van der Waals surface area contributed by atoms with Gasteiger partial charge in [-0.3, -0.25) is 4.79 Å². The monoisotopic (exact) mass is 227 g/mol. The molecule has 0 rings (SSSR count). The molecule has 0 aliphatic rings. The largest absolute Gasteiger partial charge is 0.368 e. The number of carbonyl (C=O) groups is 1. The van der Waals surface area contributed by atoms with Crippen LogP contribution in [0, 0.1) is 0 Å². The van der Waals surface area contributed by atoms with Crippen molar-refractivity contribution in [2.75, 3.05) is 13.1 Å². The van der Waals surface area contributed by atoms with Gasteiger partial charge in [-0.15, -0.1) is 0 Å². The number of nitrogens with two attached hydrogens (primary N) is 1. The smallest absolute Gasteiger partial charge is 0.237 e. The summed E-state index contributed by atoms with van der Waals surface area (Å²) in [4.78, 5) is 14.2. The van der Waals surface area contributed by atoms with Gasteiger partial charge < -0.3 is 11.1 Å². The molecule has 6 nitrogen and oxygen atoms in total. The molecule has 0 fully saturated rings. The molecule has 0 aromatic heterocycles. The molecule has 0 unspecified atom stereocenters. The van der Waals surface area contributed by atoms with E-state index in [-0.39, 0.29) is 5.91 Å². The molecule has 0 saturated heterocycles. The van der Waals surface area contributed by atoms with Crippen molar-refractivity contribution in [3.05, 3.63) is 10.4 Å². The summed E-state index contributed by atoms with van der Waals surface area (Å²) < 4.78 is 0. The maximum absolute atomic E-state index is 11.5. The number of nitrogens with one attached hydrogen (secondary N) is 1. The number of primary amides is 1. The average molecular weight is 227 g/mol. The lowest BCUT2D eigenvalue weighted by molar-refractivity contribution is -0.125. The zero-order chi connectivity index (χ0) is 12.4. The van der Waals surface area contributed by atoms with Crippen LogP contribution in [0.25, 0.3) is 10.4 Å². The SMILES string of the molecule is CCCC(CCC)(NCCN=[N+]=[N-])C(N)=O. The van der Waals surface area contributed by atoms with E-state index in [9.17, 15) is 4.79 Å². The summed E-state index contributed by atoms with van der Waals surface area (Å²) in [6, 6.07) is 0. The lowest BCUT2D eigenvalue weighted by Gasteiger charge is -2.31. The second-order valence-electron chi connectivity index (χ2n) is 3.83. The lowest BCUT2D eigenvalue weighted by atomic mass is 9.88. The Morgan fingerprint density at radius 3 is 2.38 bits per heavy atom. The van der Waals surface area contributed by atoms with E-state index in [4.69, 9.17) is 11.3 Å². The molecule has 0 saturated carbocycles. The Labute approximate surface area is 96.2 Å². The van der Waals surface area contributed by atoms with Gasteiger partial charge in [0.15, 0.2) is 0 Å². The first-order chi connectivity index (χ1) is 7.63. The standard InChI is InChI=1S/C10H21N5O/c1-3-5-10(6-4-2,9(11)16)13-7-8-14-15-12/h13H,3-8H2,1-2H3,(H2,11,16). The maximum atomic E-state index is 11.5. The Morgan fingerprint density at radius 2 is 2.00 bits per heavy atom. The van der Waals surface area contributed by atoms with E-state index in [2.05, 4.69) is 15.3 Å². The molecule has 0 aliphatic carbocycles. The summed E-state index contributed by atoms with van der Waals surface area (Å²) in [5.41, 5.74) is 13.0. The van der Waals surface area contributed by atoms with Crippen LogP contribution in [-0.4, -0.2) is 24.5 Å². The van der Waals surface area contributed by atoms with Crippen LogP contribution in [0.3, 0.4) is 0 Å². The van der Waals surface area contributed by atoms with Crippen LogP contribution >= 0.6 is 0 Å². The van der Waals surface area contributed by atoms with Crippen molar-refractivity contribution in [3.63, 3.8) is 0 Å². The first kappa shape index (κ1) is 14.7. The third-order valence-corrected chi connectivity index (χ3v) is 2.56. The predicted octanol–water partition coefficient (Wildman–Crippen LogP) is 1.71. The van der Waals surface area contributed by atoms with Gasteiger partial charge in [-0.2, -0.15) is 0 Å². The number of rotatable bonds is 9. The van der Waals surface area contributed by atoms with Crippen molar-refractivity contribution in [1.82, 2.24) is 5.32 Å². The van der Waals surface area contributed by atoms with Crippen molar-refractivity contribution in [3.8, 4) is 0 Å². The molecule has 0 atom stereocenters. The molecule has 0 bridgehead atoms. The summed E-state index contributed by atoms with van der Waals surface area (Å²) >= 11 is 0. The van der Waals surface area contributed by atoms with Gasteiger partial charge in [-0.05, 0) is 18.4 Å². The van der Waals surface area contributed by atoms with E-state index in [0.29, 0.717) is 25.9 Å². The molecule has 3 N–H and O–H groups in total. The van der Waals surface area contributed by atoms with Crippen LogP contribution in [0.5, 0.6) is 0 Å². The molecule has 0 spiro atoms. The van der Waals surface area contributed by atoms with Crippen molar-refractivity contribution in [2.24, 2.45) is 10.8 Å². The predicted molar refractivity (Wildman–Crippen MR) is 63.8 cm³/mol. The van der Waals surface area contributed by atoms with Crippen LogP contribution < -0.4 is 11.1 Å². The maximum Gasteiger partial charge on any atom is 0.237 e. The van der Waals surface area contributed by atoms with E-state index in [0.717, 1.165) is 12.8 Å². The summed E-state index contributed by atoms with van der Waals surface area (Å²) in [7, 11) is 0. The van der Waals surface area contributed by atoms with Gasteiger partial charge in [0.2, 0.25) is 5.91 Å². The molecule has 16 heavy (non-hydrogen) atoms. The van der Waals surface area contributed by atoms with Gasteiger partial charge in [0, 0.05) is 18.0 Å². The highest BCUT2D eigenvalue weighted by Crippen LogP contribution is 2.19. The number of carbonyl (C=O) groups excluding carboxylic acids is 1. The quantitative estimate of drug-likeness (QED) is 0.271. The van der Waals surface area contributed by atoms with Crippen molar-refractivity contribution >= 4 is 5.91 Å². The molecular weight excluding hydrogens is 206 g/mol. The van der Waals surface area contributed by atoms with Crippen LogP contribution in [-0.2, 0) is 4.79 Å². The third-order valence-electron chi connectivity index (χ3n) is 2.56. The Balaban J connectivity index is 4.47. The van der Waals surface area contributed by atoms with Crippen LogP contribution in [0.2, 0.25) is 0 Å². The fraction of sp³-hybridized carbons (Fsp3) is 0.900. The van der Waals surface area contributed by atoms with Gasteiger partial charge in [0.1, 0.15) is 0 Å². The topological polar surface area (TPSA) is 104 Å². The lowest BCUT2D eigenvalue weighted by Crippen LogP contribution is -2.56. The van der Waals surface area contributed by atoms with Gasteiger partial charge in [0.25, 0.3) is 0 Å². The van der Waals surface area contributed by atoms with E-state index in [1.54, 1.807) is 0 Å². The van der Waals surface area contributed by atoms with Gasteiger partial charge in [0.05, 0.1) is 5.54 Å². The van der Waals surface area contributed by atoms with Crippen molar-refractivity contribution < 1.29 is 4.79 Å². The molecule has 0 aromatic rings. The first-order valence-electron chi connectivity index (χ1n) is 5.68. The fourth-order valence-electron chi connectivity index (χ4n) is 1.88. The van der Waals surface area contributed by atoms with E-state index >= 15 is 0 Å². The highest BCUT2D eigenvalue weighted by molar-refractivity contribution is 5.84. The average Bonchev–Trinajstić information content (AvgIpc) is 2.24. The number of azide groups is 1. The van der Waals surface area contributed by atoms with Crippen LogP contribution in [0.1, 0.15) is 39.5 Å². The molecule has 0 aliphatic heterocycles. The van der Waals surface area contributed by atoms with Crippen molar-refractivity contribution in [2.45, 2.75) is 45.1 Å². The van der Waals surface area contributed by atoms with Gasteiger partial charge >= 0.3 is 0 Å². The Hall–Kier alpha value is -1.26. The molecule has 6 heteroatoms. The summed E-state index contributed by atoms with van der Waals surface area (Å²) in [5, 5.41) is 6.55. The third kappa shape index (κ3) is 4.51. The minimum Gasteiger partial charge on any atom is -0.368 e. The number of nitrogens with zero attached hydrogens (tertiary/aromatic N) is 3. The molecule has 0 heterocycles. The molecule has 92 valence electrons. The number of amides is 1. The minimum absolute atomic E-state index is 0.322. The normalized spacial score (nSPS) is 10.9. The van der Waals surface area contributed by atoms with E-state index in [1.807, 2.05) is 13.8 Å². The molecular formula is C10H21N5O. The van der Waals surface area contributed by atoms with E-state index < -0.39 is 5.54 Å². The van der Waals surface area contributed by atoms with Crippen molar-refractivity contribution in [1.29, 1.82) is 0 Å². The van der Waals surface area contributed by atoms with Crippen LogP contribution in [0.4, 0.5) is 0 Å². The zero-order valence-electron chi connectivity index (χ0n) is 10.1. The highest BCUT2D eigenvalue weighted by atomic mass is 16.1. The van der Waals surface area contributed by atoms with Gasteiger partial charge in [-0.1, -0.05) is 31.8 Å². The molecule has 0 radical (unpaired) electrons. The Kier molecular flexibility index (Phi) is 7.33. The Morgan fingerprint density at radius 1 is 1.44 bits per heavy atom. The van der Waals surface area contributed by atoms with Gasteiger partial charge in [-0.25, -0.2) is 0 Å². The van der Waals surface area contributed by atoms with E-state index in [1.165, 1.54) is 0 Å². The zero-order valence-corrected chi connectivity index (χ0v) is 10.1. The van der Waals surface area contributed by atoms with Crippen LogP contribution in [0.15, 0.2) is 5.11 Å². The highest BCUT2D eigenvalue weighted by Gasteiger charge is 2.33. The number of hydrogen-bond acceptors (Lipinski definition) is 3. The fourth-order valence-corrected chi connectivity index (χ4v) is 1.88. The summed E-state index contributed by atoms with van der Waals surface area (Å²) in [6.07, 6.45) is 3.20. The molecule has 1 amide bonds. The number of hydrogen-bond donors (Lipinski definition) is 2. The second kappa shape index (κ2) is 7.96. The molecule has 0 aromatic carbocycles. The second-order valence-corrected chi connectivity index (χ2v) is 3.83. The minimum atomic E-state index is -0.644. The summed E-state index contributed by atoms with van der Waals surface area (Å²) in [6.45, 7) is 4.84. The Bertz CT molecular complexity index is 254. The summed E-state index contributed by atoms with van der Waals surface area (Å²) in [5.74, 6) is -0.322.